The normalized spacial score (nSPS) is 13.0. The van der Waals surface area contributed by atoms with Crippen LogP contribution in [0.3, 0.4) is 0 Å². The molecule has 0 saturated heterocycles. The van der Waals surface area contributed by atoms with Crippen molar-refractivity contribution in [2.45, 2.75) is 138 Å². The SMILES string of the molecule is CCCOOCCCOCC(COCCCCCCOP(OCCC)N(C(C)C)C(C)C)(COCCCOOCCC)COCCCOOCCC. The Hall–Kier alpha value is -0.0900. The van der Waals surface area contributed by atoms with E-state index in [0.717, 1.165) is 77.2 Å². The van der Waals surface area contributed by atoms with Gasteiger partial charge in [0.2, 0.25) is 0 Å². The molecular formula is C38H80NO12P. The number of rotatable bonds is 43. The van der Waals surface area contributed by atoms with Gasteiger partial charge in [-0.15, -0.1) is 0 Å². The molecule has 52 heavy (non-hydrogen) atoms. The van der Waals surface area contributed by atoms with Gasteiger partial charge >= 0.3 is 0 Å². The average Bonchev–Trinajstić information content (AvgIpc) is 3.12. The Kier molecular flexibility index (Phi) is 39.1. The Labute approximate surface area is 319 Å². The third-order valence-corrected chi connectivity index (χ3v) is 9.44. The zero-order chi connectivity index (χ0) is 38.4. The number of nitrogens with zero attached hydrogens (tertiary/aromatic N) is 1. The van der Waals surface area contributed by atoms with Crippen LogP contribution in [0.25, 0.3) is 0 Å². The van der Waals surface area contributed by atoms with E-state index in [-0.39, 0.29) is 0 Å². The number of hydrogen-bond acceptors (Lipinski definition) is 13. The van der Waals surface area contributed by atoms with Crippen molar-refractivity contribution in [3.05, 3.63) is 0 Å². The Bertz CT molecular complexity index is 655. The molecule has 0 heterocycles. The maximum Gasteiger partial charge on any atom is 0.259 e. The zero-order valence-corrected chi connectivity index (χ0v) is 35.4. The number of unbranched alkanes of at least 4 members (excludes halogenated alkanes) is 3. The third kappa shape index (κ3) is 31.2. The molecule has 0 aromatic carbocycles. The first-order chi connectivity index (χ1) is 25.4. The molecule has 14 heteroatoms. The Morgan fingerprint density at radius 1 is 0.385 bits per heavy atom. The maximum absolute atomic E-state index is 6.31. The van der Waals surface area contributed by atoms with Crippen LogP contribution in [0.1, 0.15) is 126 Å². The first-order valence-electron chi connectivity index (χ1n) is 20.3. The van der Waals surface area contributed by atoms with E-state index in [1.807, 2.05) is 20.8 Å². The predicted molar refractivity (Wildman–Crippen MR) is 206 cm³/mol. The van der Waals surface area contributed by atoms with Crippen molar-refractivity contribution in [1.82, 2.24) is 4.67 Å². The highest BCUT2D eigenvalue weighted by molar-refractivity contribution is 7.44. The molecule has 314 valence electrons. The smallest absolute Gasteiger partial charge is 0.259 e. The fraction of sp³-hybridized carbons (Fsp3) is 1.00. The lowest BCUT2D eigenvalue weighted by Gasteiger charge is -2.35. The summed E-state index contributed by atoms with van der Waals surface area (Å²) >= 11 is 0. The Morgan fingerprint density at radius 2 is 0.712 bits per heavy atom. The fourth-order valence-corrected chi connectivity index (χ4v) is 6.50. The van der Waals surface area contributed by atoms with Crippen molar-refractivity contribution in [3.63, 3.8) is 0 Å². The molecule has 0 aromatic heterocycles. The molecule has 0 rings (SSSR count). The van der Waals surface area contributed by atoms with Crippen LogP contribution in [0.15, 0.2) is 0 Å². The van der Waals surface area contributed by atoms with Gasteiger partial charge in [0.15, 0.2) is 0 Å². The second-order valence-corrected chi connectivity index (χ2v) is 15.0. The lowest BCUT2D eigenvalue weighted by molar-refractivity contribution is -0.296. The van der Waals surface area contributed by atoms with E-state index in [4.69, 9.17) is 57.3 Å². The van der Waals surface area contributed by atoms with Crippen LogP contribution < -0.4 is 0 Å². The largest absolute Gasteiger partial charge is 0.381 e. The van der Waals surface area contributed by atoms with E-state index in [2.05, 4.69) is 39.3 Å². The molecule has 13 nitrogen and oxygen atoms in total. The van der Waals surface area contributed by atoms with E-state index < -0.39 is 13.9 Å². The minimum absolute atomic E-state index is 0.367. The summed E-state index contributed by atoms with van der Waals surface area (Å²) in [6, 6.07) is 0.733. The molecule has 0 spiro atoms. The summed E-state index contributed by atoms with van der Waals surface area (Å²) in [5, 5.41) is 0. The van der Waals surface area contributed by atoms with E-state index in [1.54, 1.807) is 0 Å². The number of ether oxygens (including phenoxy) is 4. The Balaban J connectivity index is 5.03. The summed E-state index contributed by atoms with van der Waals surface area (Å²) < 4.78 is 39.6. The summed E-state index contributed by atoms with van der Waals surface area (Å²) in [6.45, 7) is 25.6. The lowest BCUT2D eigenvalue weighted by Crippen LogP contribution is -2.42. The predicted octanol–water partition coefficient (Wildman–Crippen LogP) is 8.63. The maximum atomic E-state index is 6.31. The second-order valence-electron chi connectivity index (χ2n) is 13.6. The van der Waals surface area contributed by atoms with Gasteiger partial charge in [-0.3, -0.25) is 0 Å². The summed E-state index contributed by atoms with van der Waals surface area (Å²) in [4.78, 5) is 31.1. The molecule has 0 saturated carbocycles. The van der Waals surface area contributed by atoms with Gasteiger partial charge in [-0.05, 0) is 85.5 Å². The fourth-order valence-electron chi connectivity index (χ4n) is 4.78. The molecule has 1 atom stereocenters. The van der Waals surface area contributed by atoms with Crippen molar-refractivity contribution < 1.29 is 57.3 Å². The van der Waals surface area contributed by atoms with Gasteiger partial charge in [0, 0.05) is 38.5 Å². The highest BCUT2D eigenvalue weighted by Crippen LogP contribution is 2.46. The van der Waals surface area contributed by atoms with Gasteiger partial charge in [0.1, 0.15) is 0 Å². The molecule has 0 bridgehead atoms. The molecule has 0 N–H and O–H groups in total. The van der Waals surface area contributed by atoms with Crippen molar-refractivity contribution >= 4 is 8.53 Å². The molecule has 0 aliphatic rings. The molecule has 0 aliphatic carbocycles. The van der Waals surface area contributed by atoms with E-state index >= 15 is 0 Å². The third-order valence-electron chi connectivity index (χ3n) is 7.33. The first-order valence-corrected chi connectivity index (χ1v) is 21.4. The minimum Gasteiger partial charge on any atom is -0.381 e. The average molecular weight is 774 g/mol. The number of hydrogen-bond donors (Lipinski definition) is 0. The molecule has 1 unspecified atom stereocenters. The summed E-state index contributed by atoms with van der Waals surface area (Å²) in [5.41, 5.74) is -0.485. The lowest BCUT2D eigenvalue weighted by atomic mass is 9.92. The highest BCUT2D eigenvalue weighted by Gasteiger charge is 2.33. The van der Waals surface area contributed by atoms with Crippen molar-refractivity contribution in [1.29, 1.82) is 0 Å². The van der Waals surface area contributed by atoms with E-state index in [0.29, 0.717) is 111 Å². The van der Waals surface area contributed by atoms with Gasteiger partial charge in [0.25, 0.3) is 8.53 Å². The van der Waals surface area contributed by atoms with Crippen LogP contribution in [-0.4, -0.2) is 122 Å². The van der Waals surface area contributed by atoms with Crippen LogP contribution in [0, 0.1) is 5.41 Å². The van der Waals surface area contributed by atoms with Gasteiger partial charge in [-0.1, -0.05) is 40.5 Å². The molecule has 0 aromatic rings. The second kappa shape index (κ2) is 39.2. The van der Waals surface area contributed by atoms with Crippen LogP contribution >= 0.6 is 8.53 Å². The van der Waals surface area contributed by atoms with Gasteiger partial charge in [-0.25, -0.2) is 34.0 Å². The van der Waals surface area contributed by atoms with E-state index in [9.17, 15) is 0 Å². The topological polar surface area (TPSA) is 114 Å². The van der Waals surface area contributed by atoms with Crippen molar-refractivity contribution in [3.8, 4) is 0 Å². The Morgan fingerprint density at radius 3 is 1.08 bits per heavy atom. The summed E-state index contributed by atoms with van der Waals surface area (Å²) in [7, 11) is -1.05. The van der Waals surface area contributed by atoms with E-state index in [1.165, 1.54) is 0 Å². The van der Waals surface area contributed by atoms with Crippen molar-refractivity contribution in [2.75, 3.05) is 106 Å². The van der Waals surface area contributed by atoms with Crippen LogP contribution in [0.2, 0.25) is 0 Å². The molecule has 0 radical (unpaired) electrons. The molecule has 0 amide bonds. The summed E-state index contributed by atoms with van der Waals surface area (Å²) in [6.07, 6.45) is 9.96. The quantitative estimate of drug-likeness (QED) is 0.0255. The van der Waals surface area contributed by atoms with Crippen LogP contribution in [-0.2, 0) is 57.3 Å². The summed E-state index contributed by atoms with van der Waals surface area (Å²) in [5.74, 6) is 0. The molecular weight excluding hydrogens is 693 g/mol. The first kappa shape index (κ1) is 51.9. The van der Waals surface area contributed by atoms with Gasteiger partial charge in [0.05, 0.1) is 84.7 Å². The standard InChI is InChI=1S/C38H80NO12P/c1-9-20-44-47-28-17-25-41-33-38(34-42-26-18-29-48-45-21-10-2,35-43-27-19-30-49-46-22-11-3)32-40-24-15-13-14-16-31-51-52(50-23-12-4)39(36(5)6)37(7)8/h36-37H,9-35H2,1-8H3. The monoisotopic (exact) mass is 774 g/mol. The van der Waals surface area contributed by atoms with Gasteiger partial charge in [-0.2, -0.15) is 0 Å². The molecule has 0 aliphatic heterocycles. The minimum atomic E-state index is -1.05. The zero-order valence-electron chi connectivity index (χ0n) is 34.5. The highest BCUT2D eigenvalue weighted by atomic mass is 31.2. The van der Waals surface area contributed by atoms with Crippen molar-refractivity contribution in [2.24, 2.45) is 5.41 Å². The molecule has 0 fully saturated rings. The van der Waals surface area contributed by atoms with Crippen LogP contribution in [0.5, 0.6) is 0 Å². The van der Waals surface area contributed by atoms with Crippen LogP contribution in [0.4, 0.5) is 0 Å². The van der Waals surface area contributed by atoms with Gasteiger partial charge < -0.3 is 28.0 Å².